The van der Waals surface area contributed by atoms with Gasteiger partial charge in [0.05, 0.1) is 29.6 Å². The predicted molar refractivity (Wildman–Crippen MR) is 134 cm³/mol. The fourth-order valence-electron chi connectivity index (χ4n) is 4.18. The molecule has 9 heteroatoms. The first-order valence-electron chi connectivity index (χ1n) is 11.2. The third kappa shape index (κ3) is 5.30. The first-order valence-corrected chi connectivity index (χ1v) is 13.5. The largest absolute Gasteiger partial charge is 0.495 e. The van der Waals surface area contributed by atoms with Gasteiger partial charge in [0.1, 0.15) is 10.6 Å². The number of hydrogen-bond donors (Lipinski definition) is 2. The Morgan fingerprint density at radius 3 is 2.55 bits per heavy atom. The SMILES string of the molecule is COc1ccc(-c2sc(NC3CCCCC3)nc2C)cc1S(=O)(=O)Nc1cnc(C)cc1C. The number of rotatable bonds is 7. The summed E-state index contributed by atoms with van der Waals surface area (Å²) in [6, 6.07) is 7.52. The number of ether oxygens (including phenoxy) is 1. The van der Waals surface area contributed by atoms with E-state index in [2.05, 4.69) is 15.0 Å². The van der Waals surface area contributed by atoms with E-state index in [4.69, 9.17) is 9.72 Å². The lowest BCUT2D eigenvalue weighted by molar-refractivity contribution is 0.403. The summed E-state index contributed by atoms with van der Waals surface area (Å²) >= 11 is 1.56. The molecule has 0 saturated heterocycles. The van der Waals surface area contributed by atoms with Crippen LogP contribution in [0.4, 0.5) is 10.8 Å². The van der Waals surface area contributed by atoms with Crippen molar-refractivity contribution in [3.05, 3.63) is 47.4 Å². The van der Waals surface area contributed by atoms with Crippen LogP contribution in [-0.2, 0) is 10.0 Å². The molecule has 1 aliphatic carbocycles. The maximum Gasteiger partial charge on any atom is 0.265 e. The van der Waals surface area contributed by atoms with Gasteiger partial charge >= 0.3 is 0 Å². The maximum atomic E-state index is 13.3. The number of pyridine rings is 1. The van der Waals surface area contributed by atoms with Crippen LogP contribution in [0.15, 0.2) is 35.4 Å². The summed E-state index contributed by atoms with van der Waals surface area (Å²) < 4.78 is 34.7. The molecule has 1 fully saturated rings. The van der Waals surface area contributed by atoms with E-state index in [1.165, 1.54) is 32.6 Å². The van der Waals surface area contributed by atoms with Gasteiger partial charge in [-0.15, -0.1) is 0 Å². The lowest BCUT2D eigenvalue weighted by Gasteiger charge is -2.22. The molecule has 0 aliphatic heterocycles. The molecule has 0 amide bonds. The number of nitrogens with zero attached hydrogens (tertiary/aromatic N) is 2. The van der Waals surface area contributed by atoms with E-state index >= 15 is 0 Å². The monoisotopic (exact) mass is 486 g/mol. The van der Waals surface area contributed by atoms with Crippen molar-refractivity contribution in [1.82, 2.24) is 9.97 Å². The minimum atomic E-state index is -3.90. The molecule has 1 saturated carbocycles. The number of aromatic nitrogens is 2. The fraction of sp³-hybridized carbons (Fsp3) is 0.417. The standard InChI is InChI=1S/C24H30N4O3S2/c1-15-12-16(2)25-14-20(15)28-33(29,30)22-13-18(10-11-21(22)31-4)23-17(3)26-24(32-23)27-19-8-6-5-7-9-19/h10-14,19,28H,5-9H2,1-4H3,(H,26,27). The Labute approximate surface area is 199 Å². The molecule has 1 aliphatic rings. The van der Waals surface area contributed by atoms with Crippen molar-refractivity contribution in [2.24, 2.45) is 0 Å². The van der Waals surface area contributed by atoms with Gasteiger partial charge in [-0.05, 0) is 69.0 Å². The summed E-state index contributed by atoms with van der Waals surface area (Å²) in [7, 11) is -2.43. The quantitative estimate of drug-likeness (QED) is 0.446. The number of thiazole rings is 1. The lowest BCUT2D eigenvalue weighted by Crippen LogP contribution is -2.21. The van der Waals surface area contributed by atoms with Gasteiger partial charge in [0.25, 0.3) is 10.0 Å². The van der Waals surface area contributed by atoms with E-state index in [0.29, 0.717) is 11.7 Å². The molecule has 0 bridgehead atoms. The van der Waals surface area contributed by atoms with Crippen molar-refractivity contribution in [1.29, 1.82) is 0 Å². The Morgan fingerprint density at radius 2 is 1.85 bits per heavy atom. The third-order valence-corrected chi connectivity index (χ3v) is 8.46. The summed E-state index contributed by atoms with van der Waals surface area (Å²) in [6.45, 7) is 5.67. The van der Waals surface area contributed by atoms with Crippen molar-refractivity contribution in [3.8, 4) is 16.2 Å². The average molecular weight is 487 g/mol. The van der Waals surface area contributed by atoms with Crippen molar-refractivity contribution in [2.75, 3.05) is 17.1 Å². The number of sulfonamides is 1. The van der Waals surface area contributed by atoms with Crippen LogP contribution >= 0.6 is 11.3 Å². The summed E-state index contributed by atoms with van der Waals surface area (Å²) in [5.74, 6) is 0.284. The van der Waals surface area contributed by atoms with Crippen molar-refractivity contribution in [2.45, 2.75) is 63.8 Å². The Morgan fingerprint density at radius 1 is 1.09 bits per heavy atom. The number of nitrogens with one attached hydrogen (secondary N) is 2. The number of methoxy groups -OCH3 is 1. The topological polar surface area (TPSA) is 93.2 Å². The highest BCUT2D eigenvalue weighted by Crippen LogP contribution is 2.37. The molecule has 0 spiro atoms. The highest BCUT2D eigenvalue weighted by molar-refractivity contribution is 7.92. The van der Waals surface area contributed by atoms with Crippen molar-refractivity contribution < 1.29 is 13.2 Å². The molecule has 2 N–H and O–H groups in total. The van der Waals surface area contributed by atoms with E-state index in [1.54, 1.807) is 23.5 Å². The van der Waals surface area contributed by atoms with Crippen LogP contribution in [0, 0.1) is 20.8 Å². The molecule has 3 aromatic rings. The summed E-state index contributed by atoms with van der Waals surface area (Å²) in [5, 5.41) is 4.45. The Balaban J connectivity index is 1.65. The second-order valence-electron chi connectivity index (χ2n) is 8.52. The van der Waals surface area contributed by atoms with Crippen LogP contribution in [0.3, 0.4) is 0 Å². The molecule has 0 radical (unpaired) electrons. The molecule has 33 heavy (non-hydrogen) atoms. The minimum Gasteiger partial charge on any atom is -0.495 e. The van der Waals surface area contributed by atoms with Crippen LogP contribution in [-0.4, -0.2) is 31.5 Å². The first kappa shape index (κ1) is 23.5. The van der Waals surface area contributed by atoms with Crippen molar-refractivity contribution >= 4 is 32.2 Å². The van der Waals surface area contributed by atoms with Gasteiger partial charge in [0.15, 0.2) is 5.13 Å². The Hall–Kier alpha value is -2.65. The third-order valence-electron chi connectivity index (χ3n) is 5.94. The zero-order valence-electron chi connectivity index (χ0n) is 19.4. The maximum absolute atomic E-state index is 13.3. The molecule has 176 valence electrons. The average Bonchev–Trinajstić information content (AvgIpc) is 3.15. The van der Waals surface area contributed by atoms with Gasteiger partial charge in [-0.1, -0.05) is 30.6 Å². The van der Waals surface area contributed by atoms with Gasteiger partial charge in [-0.25, -0.2) is 13.4 Å². The van der Waals surface area contributed by atoms with Gasteiger partial charge < -0.3 is 10.1 Å². The van der Waals surface area contributed by atoms with E-state index in [9.17, 15) is 8.42 Å². The van der Waals surface area contributed by atoms with Gasteiger partial charge in [0.2, 0.25) is 0 Å². The minimum absolute atomic E-state index is 0.0806. The Kier molecular flexibility index (Phi) is 6.90. The molecule has 1 aromatic carbocycles. The molecule has 4 rings (SSSR count). The van der Waals surface area contributed by atoms with Crippen LogP contribution in [0.1, 0.15) is 49.1 Å². The number of hydrogen-bond acceptors (Lipinski definition) is 7. The van der Waals surface area contributed by atoms with Crippen LogP contribution < -0.4 is 14.8 Å². The second-order valence-corrected chi connectivity index (χ2v) is 11.2. The smallest absolute Gasteiger partial charge is 0.265 e. The molecule has 0 unspecified atom stereocenters. The normalized spacial score (nSPS) is 14.8. The van der Waals surface area contributed by atoms with Crippen molar-refractivity contribution in [3.63, 3.8) is 0 Å². The van der Waals surface area contributed by atoms with Crippen LogP contribution in [0.25, 0.3) is 10.4 Å². The first-order chi connectivity index (χ1) is 15.8. The highest BCUT2D eigenvalue weighted by atomic mass is 32.2. The van der Waals surface area contributed by atoms with Crippen LogP contribution in [0.2, 0.25) is 0 Å². The van der Waals surface area contributed by atoms with E-state index in [-0.39, 0.29) is 10.6 Å². The second kappa shape index (κ2) is 9.69. The molecule has 2 heterocycles. The van der Waals surface area contributed by atoms with Crippen LogP contribution in [0.5, 0.6) is 5.75 Å². The van der Waals surface area contributed by atoms with Gasteiger partial charge in [-0.2, -0.15) is 0 Å². The van der Waals surface area contributed by atoms with E-state index in [0.717, 1.165) is 45.4 Å². The molecule has 7 nitrogen and oxygen atoms in total. The Bertz CT molecular complexity index is 1250. The summed E-state index contributed by atoms with van der Waals surface area (Å²) in [5.41, 5.74) is 3.74. The van der Waals surface area contributed by atoms with E-state index in [1.807, 2.05) is 32.9 Å². The number of anilines is 2. The summed E-state index contributed by atoms with van der Waals surface area (Å²) in [4.78, 5) is 9.95. The lowest BCUT2D eigenvalue weighted by atomic mass is 9.96. The molecular formula is C24H30N4O3S2. The molecule has 2 aromatic heterocycles. The zero-order chi connectivity index (χ0) is 23.6. The zero-order valence-corrected chi connectivity index (χ0v) is 21.1. The fourth-order valence-corrected chi connectivity index (χ4v) is 6.53. The predicted octanol–water partition coefficient (Wildman–Crippen LogP) is 5.68. The summed E-state index contributed by atoms with van der Waals surface area (Å²) in [6.07, 6.45) is 7.66. The molecular weight excluding hydrogens is 456 g/mol. The van der Waals surface area contributed by atoms with E-state index < -0.39 is 10.0 Å². The number of benzene rings is 1. The highest BCUT2D eigenvalue weighted by Gasteiger charge is 2.23. The van der Waals surface area contributed by atoms with Gasteiger partial charge in [0, 0.05) is 11.7 Å². The van der Waals surface area contributed by atoms with Gasteiger partial charge in [-0.3, -0.25) is 9.71 Å². The molecule has 0 atom stereocenters. The number of aryl methyl sites for hydroxylation is 3.